The predicted octanol–water partition coefficient (Wildman–Crippen LogP) is 3.30. The molecule has 1 heterocycles. The Morgan fingerprint density at radius 1 is 1.33 bits per heavy atom. The quantitative estimate of drug-likeness (QED) is 0.733. The molecule has 15 heavy (non-hydrogen) atoms. The molecule has 0 radical (unpaired) electrons. The van der Waals surface area contributed by atoms with E-state index in [0.29, 0.717) is 17.8 Å². The van der Waals surface area contributed by atoms with E-state index in [9.17, 15) is 0 Å². The molecule has 0 bridgehead atoms. The lowest BCUT2D eigenvalue weighted by atomic mass is 10.1. The van der Waals surface area contributed by atoms with E-state index in [1.807, 2.05) is 18.3 Å². The van der Waals surface area contributed by atoms with E-state index in [1.54, 1.807) is 0 Å². The highest BCUT2D eigenvalue weighted by Gasteiger charge is 2.14. The first-order valence-electron chi connectivity index (χ1n) is 5.30. The van der Waals surface area contributed by atoms with Gasteiger partial charge in [-0.2, -0.15) is 0 Å². The zero-order chi connectivity index (χ0) is 11.4. The Labute approximate surface area is 97.3 Å². The summed E-state index contributed by atoms with van der Waals surface area (Å²) in [6, 6.07) is 4.54. The van der Waals surface area contributed by atoms with E-state index in [-0.39, 0.29) is 0 Å². The number of halogens is 1. The Kier molecular flexibility index (Phi) is 4.40. The van der Waals surface area contributed by atoms with Gasteiger partial charge in [0.2, 0.25) is 0 Å². The summed E-state index contributed by atoms with van der Waals surface area (Å²) < 4.78 is 0. The van der Waals surface area contributed by atoms with Crippen LogP contribution in [-0.2, 0) is 5.88 Å². The van der Waals surface area contributed by atoms with E-state index in [0.717, 1.165) is 11.4 Å². The van der Waals surface area contributed by atoms with Crippen molar-refractivity contribution >= 4 is 17.4 Å². The lowest BCUT2D eigenvalue weighted by Gasteiger charge is -2.28. The molecular formula is C12H19ClN2. The molecule has 1 rings (SSSR count). The first-order chi connectivity index (χ1) is 7.06. The number of hydrogen-bond acceptors (Lipinski definition) is 2. The van der Waals surface area contributed by atoms with Crippen LogP contribution in [-0.4, -0.2) is 18.1 Å². The SMILES string of the molecule is CC(C)C(C)N(C)c1ccc(CCl)cn1. The topological polar surface area (TPSA) is 16.1 Å². The van der Waals surface area contributed by atoms with E-state index in [4.69, 9.17) is 11.6 Å². The number of nitrogens with zero attached hydrogens (tertiary/aromatic N) is 2. The van der Waals surface area contributed by atoms with Gasteiger partial charge in [-0.1, -0.05) is 19.9 Å². The van der Waals surface area contributed by atoms with E-state index in [2.05, 4.69) is 37.7 Å². The molecule has 1 unspecified atom stereocenters. The van der Waals surface area contributed by atoms with Crippen molar-refractivity contribution < 1.29 is 0 Å². The minimum absolute atomic E-state index is 0.486. The standard InChI is InChI=1S/C12H19ClN2/c1-9(2)10(3)15(4)12-6-5-11(7-13)8-14-12/h5-6,8-10H,7H2,1-4H3. The molecule has 1 aromatic rings. The maximum Gasteiger partial charge on any atom is 0.128 e. The van der Waals surface area contributed by atoms with Crippen LogP contribution in [0.1, 0.15) is 26.3 Å². The van der Waals surface area contributed by atoms with E-state index < -0.39 is 0 Å². The second kappa shape index (κ2) is 5.36. The molecule has 0 saturated heterocycles. The molecule has 0 aliphatic rings. The molecule has 0 saturated carbocycles. The van der Waals surface area contributed by atoms with Gasteiger partial charge in [-0.05, 0) is 24.5 Å². The van der Waals surface area contributed by atoms with Crippen molar-refractivity contribution in [3.05, 3.63) is 23.9 Å². The number of anilines is 1. The zero-order valence-electron chi connectivity index (χ0n) is 9.87. The number of aromatic nitrogens is 1. The third-order valence-electron chi connectivity index (χ3n) is 2.90. The molecule has 0 aliphatic carbocycles. The van der Waals surface area contributed by atoms with Gasteiger partial charge in [0.1, 0.15) is 5.82 Å². The highest BCUT2D eigenvalue weighted by atomic mass is 35.5. The molecule has 0 fully saturated rings. The number of alkyl halides is 1. The van der Waals surface area contributed by atoms with Gasteiger partial charge >= 0.3 is 0 Å². The lowest BCUT2D eigenvalue weighted by molar-refractivity contribution is 0.503. The van der Waals surface area contributed by atoms with Crippen molar-refractivity contribution in [2.75, 3.05) is 11.9 Å². The maximum atomic E-state index is 5.72. The molecule has 0 aromatic carbocycles. The molecule has 0 N–H and O–H groups in total. The van der Waals surface area contributed by atoms with Crippen molar-refractivity contribution in [1.29, 1.82) is 0 Å². The molecule has 0 amide bonds. The fourth-order valence-electron chi connectivity index (χ4n) is 1.36. The summed E-state index contributed by atoms with van der Waals surface area (Å²) in [7, 11) is 2.08. The van der Waals surface area contributed by atoms with Crippen LogP contribution >= 0.6 is 11.6 Å². The minimum atomic E-state index is 0.486. The summed E-state index contributed by atoms with van der Waals surface area (Å²) in [6.45, 7) is 6.64. The van der Waals surface area contributed by atoms with Crippen LogP contribution < -0.4 is 4.90 Å². The third-order valence-corrected chi connectivity index (χ3v) is 3.21. The normalized spacial score (nSPS) is 12.9. The van der Waals surface area contributed by atoms with Crippen LogP contribution in [0.15, 0.2) is 18.3 Å². The van der Waals surface area contributed by atoms with Crippen LogP contribution in [0.25, 0.3) is 0 Å². The molecular weight excluding hydrogens is 208 g/mol. The second-order valence-electron chi connectivity index (χ2n) is 4.25. The first-order valence-corrected chi connectivity index (χ1v) is 5.83. The average Bonchev–Trinajstić information content (AvgIpc) is 2.27. The second-order valence-corrected chi connectivity index (χ2v) is 4.52. The smallest absolute Gasteiger partial charge is 0.128 e. The van der Waals surface area contributed by atoms with E-state index >= 15 is 0 Å². The van der Waals surface area contributed by atoms with E-state index in [1.165, 1.54) is 0 Å². The third kappa shape index (κ3) is 3.10. The summed E-state index contributed by atoms with van der Waals surface area (Å²) in [5, 5.41) is 0. The van der Waals surface area contributed by atoms with Gasteiger partial charge in [0.25, 0.3) is 0 Å². The van der Waals surface area contributed by atoms with Gasteiger partial charge in [-0.25, -0.2) is 4.98 Å². The largest absolute Gasteiger partial charge is 0.357 e. The van der Waals surface area contributed by atoms with Crippen molar-refractivity contribution in [2.45, 2.75) is 32.7 Å². The van der Waals surface area contributed by atoms with Crippen molar-refractivity contribution in [3.63, 3.8) is 0 Å². The summed E-state index contributed by atoms with van der Waals surface area (Å²) in [5.74, 6) is 2.14. The molecule has 84 valence electrons. The Bertz CT molecular complexity index is 295. The fraction of sp³-hybridized carbons (Fsp3) is 0.583. The highest BCUT2D eigenvalue weighted by Crippen LogP contribution is 2.17. The van der Waals surface area contributed by atoms with Crippen LogP contribution in [0.4, 0.5) is 5.82 Å². The monoisotopic (exact) mass is 226 g/mol. The van der Waals surface area contributed by atoms with Gasteiger partial charge < -0.3 is 4.90 Å². The summed E-state index contributed by atoms with van der Waals surface area (Å²) in [5.41, 5.74) is 1.06. The Morgan fingerprint density at radius 2 is 2.00 bits per heavy atom. The van der Waals surface area contributed by atoms with Gasteiger partial charge in [0, 0.05) is 25.2 Å². The molecule has 0 aliphatic heterocycles. The minimum Gasteiger partial charge on any atom is -0.357 e. The zero-order valence-corrected chi connectivity index (χ0v) is 10.6. The lowest BCUT2D eigenvalue weighted by Crippen LogP contribution is -2.33. The Balaban J connectivity index is 2.78. The fourth-order valence-corrected chi connectivity index (χ4v) is 1.52. The van der Waals surface area contributed by atoms with Crippen LogP contribution in [0.3, 0.4) is 0 Å². The number of hydrogen-bond donors (Lipinski definition) is 0. The summed E-state index contributed by atoms with van der Waals surface area (Å²) in [4.78, 5) is 6.59. The van der Waals surface area contributed by atoms with Gasteiger partial charge in [-0.3, -0.25) is 0 Å². The molecule has 3 heteroatoms. The van der Waals surface area contributed by atoms with Gasteiger partial charge in [0.15, 0.2) is 0 Å². The van der Waals surface area contributed by atoms with Crippen LogP contribution in [0, 0.1) is 5.92 Å². The van der Waals surface area contributed by atoms with Crippen molar-refractivity contribution in [3.8, 4) is 0 Å². The Hall–Kier alpha value is -0.760. The molecule has 1 atom stereocenters. The van der Waals surface area contributed by atoms with Crippen molar-refractivity contribution in [2.24, 2.45) is 5.92 Å². The first kappa shape index (κ1) is 12.3. The molecule has 0 spiro atoms. The van der Waals surface area contributed by atoms with Crippen LogP contribution in [0.2, 0.25) is 0 Å². The maximum absolute atomic E-state index is 5.72. The number of pyridine rings is 1. The van der Waals surface area contributed by atoms with Crippen molar-refractivity contribution in [1.82, 2.24) is 4.98 Å². The van der Waals surface area contributed by atoms with Crippen LogP contribution in [0.5, 0.6) is 0 Å². The van der Waals surface area contributed by atoms with Gasteiger partial charge in [0.05, 0.1) is 0 Å². The van der Waals surface area contributed by atoms with Gasteiger partial charge in [-0.15, -0.1) is 11.6 Å². The summed E-state index contributed by atoms with van der Waals surface area (Å²) >= 11 is 5.72. The molecule has 1 aromatic heterocycles. The average molecular weight is 227 g/mol. The highest BCUT2D eigenvalue weighted by molar-refractivity contribution is 6.17. The predicted molar refractivity (Wildman–Crippen MR) is 66.5 cm³/mol. The Morgan fingerprint density at radius 3 is 2.40 bits per heavy atom. The summed E-state index contributed by atoms with van der Waals surface area (Å²) in [6.07, 6.45) is 1.84. The molecule has 2 nitrogen and oxygen atoms in total. The number of rotatable bonds is 4.